The molecule has 1 saturated carbocycles. The Morgan fingerprint density at radius 1 is 1.33 bits per heavy atom. The lowest BCUT2D eigenvalue weighted by Gasteiger charge is -2.31. The van der Waals surface area contributed by atoms with Crippen LogP contribution in [0.25, 0.3) is 0 Å². The van der Waals surface area contributed by atoms with E-state index in [4.69, 9.17) is 16.3 Å². The van der Waals surface area contributed by atoms with E-state index in [1.54, 1.807) is 0 Å². The molecule has 2 aliphatic rings. The van der Waals surface area contributed by atoms with Crippen LogP contribution < -0.4 is 0 Å². The Bertz CT molecular complexity index is 223. The molecule has 15 heavy (non-hydrogen) atoms. The van der Waals surface area contributed by atoms with Gasteiger partial charge in [0.2, 0.25) is 0 Å². The number of rotatable bonds is 2. The van der Waals surface area contributed by atoms with Gasteiger partial charge in [0, 0.05) is 24.3 Å². The molecule has 1 heterocycles. The minimum absolute atomic E-state index is 0.0233. The van der Waals surface area contributed by atoms with Gasteiger partial charge in [-0.3, -0.25) is 0 Å². The second-order valence-corrected chi connectivity index (χ2v) is 5.29. The Morgan fingerprint density at radius 3 is 2.73 bits per heavy atom. The smallest absolute Gasteiger partial charge is 0.250 e. The first kappa shape index (κ1) is 11.6. The van der Waals surface area contributed by atoms with Crippen LogP contribution in [0.1, 0.15) is 32.1 Å². The first-order chi connectivity index (χ1) is 7.09. The third-order valence-electron chi connectivity index (χ3n) is 3.63. The highest BCUT2D eigenvalue weighted by atomic mass is 35.5. The molecule has 1 nitrogen and oxygen atoms in total. The van der Waals surface area contributed by atoms with E-state index in [9.17, 15) is 8.78 Å². The maximum Gasteiger partial charge on any atom is 0.250 e. The van der Waals surface area contributed by atoms with Crippen LogP contribution in [0, 0.1) is 11.8 Å². The summed E-state index contributed by atoms with van der Waals surface area (Å²) in [6.07, 6.45) is 2.68. The van der Waals surface area contributed by atoms with Gasteiger partial charge in [-0.15, -0.1) is 11.6 Å². The molecule has 0 radical (unpaired) electrons. The minimum Gasteiger partial charge on any atom is -0.381 e. The third kappa shape index (κ3) is 2.62. The van der Waals surface area contributed by atoms with Crippen LogP contribution in [0.5, 0.6) is 0 Å². The van der Waals surface area contributed by atoms with Gasteiger partial charge in [0.15, 0.2) is 0 Å². The van der Waals surface area contributed by atoms with Crippen molar-refractivity contribution in [1.82, 2.24) is 0 Å². The molecule has 3 atom stereocenters. The molecule has 3 unspecified atom stereocenters. The zero-order chi connectivity index (χ0) is 10.9. The van der Waals surface area contributed by atoms with E-state index < -0.39 is 11.8 Å². The normalized spacial score (nSPS) is 40.6. The molecule has 4 heteroatoms. The van der Waals surface area contributed by atoms with Crippen LogP contribution in [0.3, 0.4) is 0 Å². The Morgan fingerprint density at radius 2 is 2.13 bits per heavy atom. The Balaban J connectivity index is 1.90. The van der Waals surface area contributed by atoms with Gasteiger partial charge >= 0.3 is 0 Å². The number of hydrogen-bond donors (Lipinski definition) is 0. The van der Waals surface area contributed by atoms with Crippen molar-refractivity contribution < 1.29 is 13.5 Å². The molecule has 0 amide bonds. The highest BCUT2D eigenvalue weighted by Crippen LogP contribution is 2.44. The van der Waals surface area contributed by atoms with E-state index >= 15 is 0 Å². The van der Waals surface area contributed by atoms with Crippen LogP contribution in [0.4, 0.5) is 8.78 Å². The van der Waals surface area contributed by atoms with Crippen molar-refractivity contribution in [2.24, 2.45) is 11.8 Å². The van der Waals surface area contributed by atoms with Gasteiger partial charge in [-0.05, 0) is 31.6 Å². The summed E-state index contributed by atoms with van der Waals surface area (Å²) in [5, 5.41) is 0.0233. The molecule has 0 bridgehead atoms. The van der Waals surface area contributed by atoms with E-state index in [0.717, 1.165) is 6.42 Å². The van der Waals surface area contributed by atoms with Crippen molar-refractivity contribution in [2.75, 3.05) is 13.2 Å². The zero-order valence-corrected chi connectivity index (χ0v) is 9.48. The van der Waals surface area contributed by atoms with Crippen LogP contribution in [0.2, 0.25) is 0 Å². The fourth-order valence-electron chi connectivity index (χ4n) is 2.64. The van der Waals surface area contributed by atoms with Crippen LogP contribution in [-0.4, -0.2) is 24.5 Å². The lowest BCUT2D eigenvalue weighted by Crippen LogP contribution is -2.33. The predicted molar refractivity (Wildman–Crippen MR) is 55.5 cm³/mol. The summed E-state index contributed by atoms with van der Waals surface area (Å²) in [6, 6.07) is 0. The standard InChI is InChI=1S/C11H17ClF2O/c12-10-3-5-15-7-8(10)6-9-2-1-4-11(9,13)14/h8-10H,1-7H2. The van der Waals surface area contributed by atoms with E-state index in [2.05, 4.69) is 0 Å². The van der Waals surface area contributed by atoms with Crippen molar-refractivity contribution >= 4 is 11.6 Å². The van der Waals surface area contributed by atoms with Crippen molar-refractivity contribution in [3.8, 4) is 0 Å². The molecule has 1 saturated heterocycles. The number of ether oxygens (including phenoxy) is 1. The minimum atomic E-state index is -2.46. The fraction of sp³-hybridized carbons (Fsp3) is 1.00. The van der Waals surface area contributed by atoms with Gasteiger partial charge < -0.3 is 4.74 Å². The molecule has 0 aromatic carbocycles. The fourth-order valence-corrected chi connectivity index (χ4v) is 2.91. The molecular formula is C11H17ClF2O. The first-order valence-electron chi connectivity index (χ1n) is 5.69. The topological polar surface area (TPSA) is 9.23 Å². The molecule has 88 valence electrons. The molecular weight excluding hydrogens is 222 g/mol. The molecule has 1 aliphatic heterocycles. The monoisotopic (exact) mass is 238 g/mol. The number of alkyl halides is 3. The molecule has 0 spiro atoms. The molecule has 1 aliphatic carbocycles. The highest BCUT2D eigenvalue weighted by molar-refractivity contribution is 6.20. The van der Waals surface area contributed by atoms with Gasteiger partial charge in [0.05, 0.1) is 6.61 Å². The summed E-state index contributed by atoms with van der Waals surface area (Å²) in [7, 11) is 0. The van der Waals surface area contributed by atoms with E-state index in [0.29, 0.717) is 32.5 Å². The lowest BCUT2D eigenvalue weighted by atomic mass is 9.88. The second-order valence-electron chi connectivity index (χ2n) is 4.73. The summed E-state index contributed by atoms with van der Waals surface area (Å²) >= 11 is 6.13. The summed E-state index contributed by atoms with van der Waals surface area (Å²) in [4.78, 5) is 0. The van der Waals surface area contributed by atoms with Crippen molar-refractivity contribution in [3.05, 3.63) is 0 Å². The summed E-state index contributed by atoms with van der Waals surface area (Å²) < 4.78 is 32.1. The Labute approximate surface area is 94.1 Å². The number of hydrogen-bond acceptors (Lipinski definition) is 1. The van der Waals surface area contributed by atoms with Crippen molar-refractivity contribution in [3.63, 3.8) is 0 Å². The molecule has 0 N–H and O–H groups in total. The molecule has 0 aromatic rings. The lowest BCUT2D eigenvalue weighted by molar-refractivity contribution is -0.0533. The predicted octanol–water partition coefficient (Wildman–Crippen LogP) is 3.46. The van der Waals surface area contributed by atoms with Crippen LogP contribution in [-0.2, 0) is 4.74 Å². The largest absolute Gasteiger partial charge is 0.381 e. The van der Waals surface area contributed by atoms with Crippen LogP contribution in [0.15, 0.2) is 0 Å². The second kappa shape index (κ2) is 4.54. The molecule has 2 rings (SSSR count). The molecule has 2 fully saturated rings. The summed E-state index contributed by atoms with van der Waals surface area (Å²) in [5.41, 5.74) is 0. The highest BCUT2D eigenvalue weighted by Gasteiger charge is 2.45. The van der Waals surface area contributed by atoms with Gasteiger partial charge in [-0.2, -0.15) is 0 Å². The number of halogens is 3. The zero-order valence-electron chi connectivity index (χ0n) is 8.72. The average molecular weight is 239 g/mol. The molecule has 0 aromatic heterocycles. The van der Waals surface area contributed by atoms with E-state index in [1.165, 1.54) is 0 Å². The van der Waals surface area contributed by atoms with E-state index in [-0.39, 0.29) is 17.7 Å². The quantitative estimate of drug-likeness (QED) is 0.670. The Hall–Kier alpha value is 0.110. The van der Waals surface area contributed by atoms with Gasteiger partial charge in [-0.1, -0.05) is 0 Å². The van der Waals surface area contributed by atoms with E-state index in [1.807, 2.05) is 0 Å². The third-order valence-corrected chi connectivity index (χ3v) is 4.20. The van der Waals surface area contributed by atoms with Crippen molar-refractivity contribution in [2.45, 2.75) is 43.4 Å². The van der Waals surface area contributed by atoms with Gasteiger partial charge in [0.25, 0.3) is 5.92 Å². The average Bonchev–Trinajstić information content (AvgIpc) is 2.50. The Kier molecular flexibility index (Phi) is 3.51. The first-order valence-corrected chi connectivity index (χ1v) is 6.13. The maximum absolute atomic E-state index is 13.4. The van der Waals surface area contributed by atoms with Crippen LogP contribution >= 0.6 is 11.6 Å². The summed E-state index contributed by atoms with van der Waals surface area (Å²) in [6.45, 7) is 1.23. The van der Waals surface area contributed by atoms with Gasteiger partial charge in [0.1, 0.15) is 0 Å². The van der Waals surface area contributed by atoms with Gasteiger partial charge in [-0.25, -0.2) is 8.78 Å². The van der Waals surface area contributed by atoms with Crippen molar-refractivity contribution in [1.29, 1.82) is 0 Å². The maximum atomic E-state index is 13.4. The summed E-state index contributed by atoms with van der Waals surface area (Å²) in [5.74, 6) is -2.81. The SMILES string of the molecule is FC1(F)CCCC1CC1COCCC1Cl.